The van der Waals surface area contributed by atoms with E-state index in [0.717, 1.165) is 19.3 Å². The largest absolute Gasteiger partial charge is 0.412 e. The van der Waals surface area contributed by atoms with Crippen LogP contribution in [0, 0.1) is 23.7 Å². The summed E-state index contributed by atoms with van der Waals surface area (Å²) in [4.78, 5) is 22.6. The molecule has 2 saturated carbocycles. The highest BCUT2D eigenvalue weighted by Crippen LogP contribution is 2.54. The van der Waals surface area contributed by atoms with Gasteiger partial charge < -0.3 is 11.0 Å². The molecule has 3 aliphatic rings. The van der Waals surface area contributed by atoms with Crippen LogP contribution in [0.25, 0.3) is 0 Å². The van der Waals surface area contributed by atoms with E-state index in [2.05, 4.69) is 5.32 Å². The van der Waals surface area contributed by atoms with E-state index in [1.165, 1.54) is 0 Å². The van der Waals surface area contributed by atoms with Crippen molar-refractivity contribution >= 4 is 36.6 Å². The van der Waals surface area contributed by atoms with Crippen LogP contribution in [0.5, 0.6) is 0 Å². The maximum absolute atomic E-state index is 11.3. The summed E-state index contributed by atoms with van der Waals surface area (Å²) in [6, 6.07) is 0. The van der Waals surface area contributed by atoms with Crippen molar-refractivity contribution in [2.75, 3.05) is 0 Å². The molecule has 0 aromatic carbocycles. The predicted octanol–water partition coefficient (Wildman–Crippen LogP) is -0.501. The number of nitrogens with one attached hydrogen (secondary N) is 1. The van der Waals surface area contributed by atoms with E-state index in [0.29, 0.717) is 11.8 Å². The van der Waals surface area contributed by atoms with Crippen LogP contribution < -0.4 is 5.32 Å². The molecule has 1 saturated heterocycles. The van der Waals surface area contributed by atoms with Gasteiger partial charge in [-0.15, -0.1) is 24.8 Å². The fourth-order valence-electron chi connectivity index (χ4n) is 3.33. The second-order valence-corrected chi connectivity index (χ2v) is 4.24. The Hall–Kier alpha value is -0.360. The fourth-order valence-corrected chi connectivity index (χ4v) is 3.33. The SMILES string of the molecule is Cl.Cl.O.O.O=C1NC(=O)C2C3CCC(C3)C12. The zero-order valence-electron chi connectivity index (χ0n) is 8.56. The van der Waals surface area contributed by atoms with Gasteiger partial charge in [0.15, 0.2) is 0 Å². The molecule has 0 spiro atoms. The van der Waals surface area contributed by atoms with Gasteiger partial charge in [0, 0.05) is 0 Å². The second-order valence-electron chi connectivity index (χ2n) is 4.24. The van der Waals surface area contributed by atoms with Gasteiger partial charge in [-0.3, -0.25) is 14.9 Å². The summed E-state index contributed by atoms with van der Waals surface area (Å²) in [6.07, 6.45) is 3.44. The van der Waals surface area contributed by atoms with Crippen LogP contribution in [0.4, 0.5) is 0 Å². The van der Waals surface area contributed by atoms with Crippen LogP contribution in [-0.2, 0) is 9.59 Å². The highest BCUT2D eigenvalue weighted by Gasteiger charge is 2.57. The average Bonchev–Trinajstić information content (AvgIpc) is 2.64. The summed E-state index contributed by atoms with van der Waals surface area (Å²) in [7, 11) is 0. The maximum Gasteiger partial charge on any atom is 0.230 e. The van der Waals surface area contributed by atoms with Gasteiger partial charge in [-0.2, -0.15) is 0 Å². The summed E-state index contributed by atoms with van der Waals surface area (Å²) < 4.78 is 0. The topological polar surface area (TPSA) is 109 Å². The van der Waals surface area contributed by atoms with E-state index in [-0.39, 0.29) is 59.4 Å². The molecule has 2 bridgehead atoms. The number of halogens is 2. The summed E-state index contributed by atoms with van der Waals surface area (Å²) in [5.74, 6) is 1.14. The molecule has 3 rings (SSSR count). The summed E-state index contributed by atoms with van der Waals surface area (Å²) in [5.41, 5.74) is 0. The maximum atomic E-state index is 11.3. The van der Waals surface area contributed by atoms with Crippen molar-refractivity contribution in [3.05, 3.63) is 0 Å². The molecule has 2 amide bonds. The highest BCUT2D eigenvalue weighted by atomic mass is 35.5. The highest BCUT2D eigenvalue weighted by molar-refractivity contribution is 6.05. The lowest BCUT2D eigenvalue weighted by Gasteiger charge is -2.19. The molecule has 1 aliphatic heterocycles. The minimum atomic E-state index is -0.00259. The third kappa shape index (κ3) is 2.05. The molecule has 4 atom stereocenters. The van der Waals surface area contributed by atoms with Crippen molar-refractivity contribution in [2.45, 2.75) is 19.3 Å². The molecular formula is C9H17Cl2NO4. The molecule has 3 fully saturated rings. The van der Waals surface area contributed by atoms with E-state index < -0.39 is 0 Å². The van der Waals surface area contributed by atoms with Crippen molar-refractivity contribution in [1.82, 2.24) is 5.32 Å². The third-order valence-corrected chi connectivity index (χ3v) is 3.77. The molecule has 0 aromatic heterocycles. The van der Waals surface area contributed by atoms with E-state index in [1.54, 1.807) is 0 Å². The number of imide groups is 1. The van der Waals surface area contributed by atoms with Gasteiger partial charge in [0.2, 0.25) is 11.8 Å². The normalized spacial score (nSPS) is 37.2. The Morgan fingerprint density at radius 3 is 1.62 bits per heavy atom. The molecule has 5 nitrogen and oxygen atoms in total. The molecular weight excluding hydrogens is 257 g/mol. The molecule has 5 N–H and O–H groups in total. The Kier molecular flexibility index (Phi) is 6.55. The van der Waals surface area contributed by atoms with Gasteiger partial charge in [-0.25, -0.2) is 0 Å². The number of carbonyl (C=O) groups excluding carboxylic acids is 2. The first-order chi connectivity index (χ1) is 5.77. The zero-order valence-corrected chi connectivity index (χ0v) is 10.2. The lowest BCUT2D eigenvalue weighted by molar-refractivity contribution is -0.126. The first kappa shape index (κ1) is 18.0. The van der Waals surface area contributed by atoms with Gasteiger partial charge in [-0.1, -0.05) is 0 Å². The Morgan fingerprint density at radius 2 is 1.25 bits per heavy atom. The lowest BCUT2D eigenvalue weighted by Crippen LogP contribution is -2.24. The van der Waals surface area contributed by atoms with Crippen molar-refractivity contribution in [2.24, 2.45) is 23.7 Å². The van der Waals surface area contributed by atoms with Gasteiger partial charge in [-0.05, 0) is 31.1 Å². The number of rotatable bonds is 0. The predicted molar refractivity (Wildman–Crippen MR) is 62.7 cm³/mol. The number of amides is 2. The smallest absolute Gasteiger partial charge is 0.230 e. The number of hydrogen-bond acceptors (Lipinski definition) is 2. The first-order valence-electron chi connectivity index (χ1n) is 4.62. The van der Waals surface area contributed by atoms with Crippen molar-refractivity contribution < 1.29 is 20.5 Å². The van der Waals surface area contributed by atoms with E-state index >= 15 is 0 Å². The molecule has 2 aliphatic carbocycles. The molecule has 96 valence electrons. The summed E-state index contributed by atoms with van der Waals surface area (Å²) in [5, 5.41) is 2.44. The van der Waals surface area contributed by atoms with Crippen LogP contribution in [0.15, 0.2) is 0 Å². The number of fused-ring (bicyclic) bond motifs is 5. The van der Waals surface area contributed by atoms with Crippen LogP contribution in [0.1, 0.15) is 19.3 Å². The molecule has 16 heavy (non-hydrogen) atoms. The minimum Gasteiger partial charge on any atom is -0.412 e. The van der Waals surface area contributed by atoms with Crippen molar-refractivity contribution in [3.8, 4) is 0 Å². The second kappa shape index (κ2) is 5.82. The van der Waals surface area contributed by atoms with Gasteiger partial charge in [0.1, 0.15) is 0 Å². The van der Waals surface area contributed by atoms with Crippen LogP contribution in [0.3, 0.4) is 0 Å². The van der Waals surface area contributed by atoms with Crippen LogP contribution in [-0.4, -0.2) is 22.8 Å². The molecule has 0 radical (unpaired) electrons. The quantitative estimate of drug-likeness (QED) is 0.601. The standard InChI is InChI=1S/C9H11NO2.2ClH.2H2O/c11-8-6-4-1-2-5(3-4)7(6)9(12)10-8;;;;/h4-7H,1-3H2,(H,10,11,12);2*1H;2*1H2. The third-order valence-electron chi connectivity index (χ3n) is 3.77. The summed E-state index contributed by atoms with van der Waals surface area (Å²) >= 11 is 0. The van der Waals surface area contributed by atoms with Crippen LogP contribution in [0.2, 0.25) is 0 Å². The van der Waals surface area contributed by atoms with Crippen molar-refractivity contribution in [3.63, 3.8) is 0 Å². The molecule has 0 aromatic rings. The first-order valence-corrected chi connectivity index (χ1v) is 4.62. The Morgan fingerprint density at radius 1 is 0.875 bits per heavy atom. The summed E-state index contributed by atoms with van der Waals surface area (Å²) in [6.45, 7) is 0. The monoisotopic (exact) mass is 273 g/mol. The average molecular weight is 274 g/mol. The zero-order chi connectivity index (χ0) is 8.29. The van der Waals surface area contributed by atoms with Gasteiger partial charge in [0.05, 0.1) is 11.8 Å². The minimum absolute atomic E-state index is 0. The van der Waals surface area contributed by atoms with Crippen molar-refractivity contribution in [1.29, 1.82) is 0 Å². The Bertz CT molecular complexity index is 261. The van der Waals surface area contributed by atoms with E-state index in [9.17, 15) is 9.59 Å². The molecule has 4 unspecified atom stereocenters. The lowest BCUT2D eigenvalue weighted by atomic mass is 9.81. The Balaban J connectivity index is 0. The van der Waals surface area contributed by atoms with Gasteiger partial charge in [0.25, 0.3) is 0 Å². The number of hydrogen-bond donors (Lipinski definition) is 1. The van der Waals surface area contributed by atoms with E-state index in [4.69, 9.17) is 0 Å². The Labute approximate surface area is 106 Å². The molecule has 1 heterocycles. The van der Waals surface area contributed by atoms with E-state index in [1.807, 2.05) is 0 Å². The number of carbonyl (C=O) groups is 2. The van der Waals surface area contributed by atoms with Gasteiger partial charge >= 0.3 is 0 Å². The molecule has 7 heteroatoms. The fraction of sp³-hybridized carbons (Fsp3) is 0.778. The van der Waals surface area contributed by atoms with Crippen LogP contribution >= 0.6 is 24.8 Å².